The van der Waals surface area contributed by atoms with Crippen molar-refractivity contribution >= 4 is 31.1 Å². The molecule has 2 rings (SSSR count). The van der Waals surface area contributed by atoms with Crippen molar-refractivity contribution in [2.75, 3.05) is 0 Å². The van der Waals surface area contributed by atoms with Gasteiger partial charge in [0.15, 0.2) is 5.82 Å². The van der Waals surface area contributed by atoms with Crippen molar-refractivity contribution in [3.05, 3.63) is 40.7 Å². The standard InChI is InChI=1S/C14H21BClN5O2.ClH/c1-10(11-5-7-12(16)8-6-11)21-14(18-19-20-21)13(17)4-2-3-9-15(22)23;/h5-8,10,13,22-23H,2-4,9,17H2,1H3;1H. The molecular formula is C14H22BCl2N5O2. The van der Waals surface area contributed by atoms with Crippen LogP contribution in [0.3, 0.4) is 0 Å². The topological polar surface area (TPSA) is 110 Å². The molecule has 1 aromatic carbocycles. The Kier molecular flexibility index (Phi) is 8.65. The zero-order chi connectivity index (χ0) is 16.8. The van der Waals surface area contributed by atoms with Crippen LogP contribution in [0.2, 0.25) is 11.3 Å². The zero-order valence-corrected chi connectivity index (χ0v) is 15.0. The SMILES string of the molecule is CC(c1ccc(Cl)cc1)n1nnnc1C(N)CCCCB(O)O.Cl. The average molecular weight is 374 g/mol. The molecule has 0 amide bonds. The molecule has 4 N–H and O–H groups in total. The lowest BCUT2D eigenvalue weighted by Crippen LogP contribution is -2.20. The van der Waals surface area contributed by atoms with E-state index in [-0.39, 0.29) is 24.5 Å². The highest BCUT2D eigenvalue weighted by atomic mass is 35.5. The van der Waals surface area contributed by atoms with Crippen LogP contribution in [0.5, 0.6) is 0 Å². The summed E-state index contributed by atoms with van der Waals surface area (Å²) >= 11 is 5.91. The lowest BCUT2D eigenvalue weighted by molar-refractivity contribution is 0.400. The van der Waals surface area contributed by atoms with Crippen LogP contribution >= 0.6 is 24.0 Å². The molecule has 24 heavy (non-hydrogen) atoms. The number of halogens is 2. The Bertz CT molecular complexity index is 611. The van der Waals surface area contributed by atoms with Gasteiger partial charge < -0.3 is 15.8 Å². The second-order valence-electron chi connectivity index (χ2n) is 5.58. The Labute approximate surface area is 152 Å². The van der Waals surface area contributed by atoms with Crippen molar-refractivity contribution in [2.45, 2.75) is 44.6 Å². The number of hydrogen-bond donors (Lipinski definition) is 3. The van der Waals surface area contributed by atoms with E-state index in [4.69, 9.17) is 27.4 Å². The van der Waals surface area contributed by atoms with Gasteiger partial charge in [0.05, 0.1) is 12.1 Å². The monoisotopic (exact) mass is 373 g/mol. The summed E-state index contributed by atoms with van der Waals surface area (Å²) in [4.78, 5) is 0. The maximum atomic E-state index is 8.84. The van der Waals surface area contributed by atoms with Crippen molar-refractivity contribution in [2.24, 2.45) is 5.73 Å². The molecule has 0 fully saturated rings. The third-order valence-electron chi connectivity index (χ3n) is 3.80. The zero-order valence-electron chi connectivity index (χ0n) is 13.4. The number of unbranched alkanes of at least 4 members (excludes halogenated alkanes) is 1. The molecule has 0 radical (unpaired) electrons. The summed E-state index contributed by atoms with van der Waals surface area (Å²) in [6.45, 7) is 2.00. The van der Waals surface area contributed by atoms with Gasteiger partial charge in [0, 0.05) is 5.02 Å². The first kappa shape index (κ1) is 20.9. The van der Waals surface area contributed by atoms with Crippen LogP contribution in [0.1, 0.15) is 49.7 Å². The van der Waals surface area contributed by atoms with Gasteiger partial charge in [0.25, 0.3) is 0 Å². The summed E-state index contributed by atoms with van der Waals surface area (Å²) in [5.41, 5.74) is 7.23. The van der Waals surface area contributed by atoms with Crippen LogP contribution < -0.4 is 5.73 Å². The molecule has 2 atom stereocenters. The van der Waals surface area contributed by atoms with E-state index >= 15 is 0 Å². The molecule has 0 saturated carbocycles. The molecule has 1 heterocycles. The van der Waals surface area contributed by atoms with Gasteiger partial charge in [-0.1, -0.05) is 36.6 Å². The fraction of sp³-hybridized carbons (Fsp3) is 0.500. The summed E-state index contributed by atoms with van der Waals surface area (Å²) in [5.74, 6) is 0.622. The first-order valence-electron chi connectivity index (χ1n) is 7.64. The minimum absolute atomic E-state index is 0. The van der Waals surface area contributed by atoms with Gasteiger partial charge in [-0.05, 0) is 47.8 Å². The van der Waals surface area contributed by atoms with E-state index in [0.29, 0.717) is 30.0 Å². The van der Waals surface area contributed by atoms with E-state index in [9.17, 15) is 0 Å². The minimum atomic E-state index is -1.26. The van der Waals surface area contributed by atoms with E-state index in [1.54, 1.807) is 4.68 Å². The third-order valence-corrected chi connectivity index (χ3v) is 4.05. The quantitative estimate of drug-likeness (QED) is 0.482. The summed E-state index contributed by atoms with van der Waals surface area (Å²) in [6, 6.07) is 7.19. The molecule has 10 heteroatoms. The second-order valence-corrected chi connectivity index (χ2v) is 6.02. The largest absolute Gasteiger partial charge is 0.451 e. The molecule has 0 spiro atoms. The van der Waals surface area contributed by atoms with Gasteiger partial charge in [-0.25, -0.2) is 4.68 Å². The average Bonchev–Trinajstić information content (AvgIpc) is 3.01. The van der Waals surface area contributed by atoms with Gasteiger partial charge in [0.2, 0.25) is 0 Å². The fourth-order valence-corrected chi connectivity index (χ4v) is 2.55. The Morgan fingerprint density at radius 1 is 1.25 bits per heavy atom. The van der Waals surface area contributed by atoms with Crippen LogP contribution in [0.25, 0.3) is 0 Å². The van der Waals surface area contributed by atoms with Crippen LogP contribution in [-0.4, -0.2) is 37.4 Å². The van der Waals surface area contributed by atoms with Gasteiger partial charge in [-0.3, -0.25) is 0 Å². The lowest BCUT2D eigenvalue weighted by Gasteiger charge is -2.17. The molecule has 2 unspecified atom stereocenters. The molecule has 7 nitrogen and oxygen atoms in total. The minimum Gasteiger partial charge on any atom is -0.427 e. The predicted molar refractivity (Wildman–Crippen MR) is 96.1 cm³/mol. The van der Waals surface area contributed by atoms with Crippen LogP contribution in [-0.2, 0) is 0 Å². The summed E-state index contributed by atoms with van der Waals surface area (Å²) < 4.78 is 1.72. The normalized spacial score (nSPS) is 13.2. The highest BCUT2D eigenvalue weighted by molar-refractivity contribution is 6.40. The molecule has 0 saturated heterocycles. The van der Waals surface area contributed by atoms with E-state index < -0.39 is 7.12 Å². The molecule has 132 valence electrons. The van der Waals surface area contributed by atoms with Gasteiger partial charge >= 0.3 is 7.12 Å². The van der Waals surface area contributed by atoms with E-state index in [0.717, 1.165) is 12.0 Å². The maximum absolute atomic E-state index is 8.84. The summed E-state index contributed by atoms with van der Waals surface area (Å²) in [6.07, 6.45) is 2.50. The summed E-state index contributed by atoms with van der Waals surface area (Å²) in [5, 5.41) is 30.2. The van der Waals surface area contributed by atoms with Crippen LogP contribution in [0.4, 0.5) is 0 Å². The molecule has 0 aliphatic heterocycles. The Hall–Kier alpha value is -1.19. The van der Waals surface area contributed by atoms with Gasteiger partial charge in [-0.2, -0.15) is 0 Å². The highest BCUT2D eigenvalue weighted by Gasteiger charge is 2.20. The van der Waals surface area contributed by atoms with Crippen molar-refractivity contribution in [1.29, 1.82) is 0 Å². The lowest BCUT2D eigenvalue weighted by atomic mass is 9.83. The first-order chi connectivity index (χ1) is 11.0. The molecular weight excluding hydrogens is 352 g/mol. The second kappa shape index (κ2) is 9.95. The number of nitrogens with two attached hydrogens (primary N) is 1. The third kappa shape index (κ3) is 5.72. The smallest absolute Gasteiger partial charge is 0.427 e. The first-order valence-corrected chi connectivity index (χ1v) is 8.01. The molecule has 2 aromatic rings. The van der Waals surface area contributed by atoms with Gasteiger partial charge in [0.1, 0.15) is 0 Å². The number of aromatic nitrogens is 4. The number of rotatable bonds is 8. The van der Waals surface area contributed by atoms with Gasteiger partial charge in [-0.15, -0.1) is 17.5 Å². The number of nitrogens with zero attached hydrogens (tertiary/aromatic N) is 4. The predicted octanol–water partition coefficient (Wildman–Crippen LogP) is 2.00. The Morgan fingerprint density at radius 3 is 2.54 bits per heavy atom. The number of hydrogen-bond acceptors (Lipinski definition) is 6. The number of benzene rings is 1. The van der Waals surface area contributed by atoms with Crippen molar-refractivity contribution in [3.8, 4) is 0 Å². The van der Waals surface area contributed by atoms with Crippen molar-refractivity contribution in [3.63, 3.8) is 0 Å². The summed E-state index contributed by atoms with van der Waals surface area (Å²) in [7, 11) is -1.26. The van der Waals surface area contributed by atoms with E-state index in [1.165, 1.54) is 0 Å². The Morgan fingerprint density at radius 2 is 1.92 bits per heavy atom. The molecule has 1 aromatic heterocycles. The maximum Gasteiger partial charge on any atom is 0.451 e. The van der Waals surface area contributed by atoms with E-state index in [1.807, 2.05) is 31.2 Å². The van der Waals surface area contributed by atoms with Crippen molar-refractivity contribution in [1.82, 2.24) is 20.2 Å². The molecule has 0 bridgehead atoms. The molecule has 0 aliphatic rings. The van der Waals surface area contributed by atoms with Crippen molar-refractivity contribution < 1.29 is 10.0 Å². The molecule has 0 aliphatic carbocycles. The number of tetrazole rings is 1. The Balaban J connectivity index is 0.00000288. The highest BCUT2D eigenvalue weighted by Crippen LogP contribution is 2.23. The van der Waals surface area contributed by atoms with E-state index in [2.05, 4.69) is 15.5 Å². The van der Waals surface area contributed by atoms with Crippen LogP contribution in [0.15, 0.2) is 24.3 Å². The fourth-order valence-electron chi connectivity index (χ4n) is 2.42. The van der Waals surface area contributed by atoms with Crippen LogP contribution in [0, 0.1) is 0 Å².